The highest BCUT2D eigenvalue weighted by atomic mass is 35.5. The molecule has 0 saturated carbocycles. The molecule has 0 aliphatic carbocycles. The standard InChI is InChI=1S/C13H13ClN2O5S/c14-11-2-1-10(9-3-6-21-12(9)11)13(17)15-22(18,19)16-4-7-20-8-5-16/h1-3,6H,4-5,7-8H2,(H,15,17). The number of benzene rings is 1. The number of rotatable bonds is 3. The summed E-state index contributed by atoms with van der Waals surface area (Å²) in [5.41, 5.74) is 0.531. The number of amides is 1. The van der Waals surface area contributed by atoms with Gasteiger partial charge in [0.05, 0.1) is 30.1 Å². The molecule has 0 spiro atoms. The van der Waals surface area contributed by atoms with Crippen LogP contribution in [0.15, 0.2) is 28.9 Å². The van der Waals surface area contributed by atoms with Gasteiger partial charge < -0.3 is 9.15 Å². The summed E-state index contributed by atoms with van der Waals surface area (Å²) in [6, 6.07) is 4.52. The van der Waals surface area contributed by atoms with Gasteiger partial charge in [-0.2, -0.15) is 12.7 Å². The zero-order chi connectivity index (χ0) is 15.7. The Hall–Kier alpha value is -1.61. The van der Waals surface area contributed by atoms with E-state index in [1.165, 1.54) is 22.7 Å². The van der Waals surface area contributed by atoms with Crippen LogP contribution in [-0.2, 0) is 14.9 Å². The van der Waals surface area contributed by atoms with Crippen LogP contribution in [0.4, 0.5) is 0 Å². The van der Waals surface area contributed by atoms with Crippen molar-refractivity contribution in [2.24, 2.45) is 0 Å². The molecular formula is C13H13ClN2O5S. The maximum atomic E-state index is 12.3. The van der Waals surface area contributed by atoms with Crippen LogP contribution in [0.3, 0.4) is 0 Å². The first-order chi connectivity index (χ1) is 10.5. The van der Waals surface area contributed by atoms with Crippen LogP contribution in [0.5, 0.6) is 0 Å². The Morgan fingerprint density at radius 1 is 1.23 bits per heavy atom. The van der Waals surface area contributed by atoms with Gasteiger partial charge in [0.2, 0.25) is 0 Å². The molecule has 0 radical (unpaired) electrons. The van der Waals surface area contributed by atoms with Crippen LogP contribution in [0.1, 0.15) is 10.4 Å². The van der Waals surface area contributed by atoms with Gasteiger partial charge in [-0.05, 0) is 18.2 Å². The van der Waals surface area contributed by atoms with E-state index in [2.05, 4.69) is 4.72 Å². The Kier molecular flexibility index (Phi) is 4.09. The lowest BCUT2D eigenvalue weighted by Crippen LogP contribution is -2.48. The molecule has 118 valence electrons. The third-order valence-corrected chi connectivity index (χ3v) is 5.13. The molecule has 2 heterocycles. The third kappa shape index (κ3) is 2.82. The summed E-state index contributed by atoms with van der Waals surface area (Å²) in [7, 11) is -3.90. The maximum Gasteiger partial charge on any atom is 0.304 e. The number of nitrogens with one attached hydrogen (secondary N) is 1. The normalized spacial score (nSPS) is 16.8. The van der Waals surface area contributed by atoms with Crippen LogP contribution in [0, 0.1) is 0 Å². The number of carbonyl (C=O) groups excluding carboxylic acids is 1. The molecule has 0 bridgehead atoms. The molecule has 22 heavy (non-hydrogen) atoms. The number of nitrogens with zero attached hydrogens (tertiary/aromatic N) is 1. The molecule has 3 rings (SSSR count). The fourth-order valence-corrected chi connectivity index (χ4v) is 3.56. The average Bonchev–Trinajstić information content (AvgIpc) is 2.98. The van der Waals surface area contributed by atoms with Crippen molar-refractivity contribution in [1.29, 1.82) is 0 Å². The first-order valence-corrected chi connectivity index (χ1v) is 8.36. The van der Waals surface area contributed by atoms with Crippen LogP contribution in [-0.4, -0.2) is 44.9 Å². The van der Waals surface area contributed by atoms with E-state index < -0.39 is 16.1 Å². The molecule has 1 fully saturated rings. The van der Waals surface area contributed by atoms with Gasteiger partial charge in [0.15, 0.2) is 5.58 Å². The summed E-state index contributed by atoms with van der Waals surface area (Å²) in [6.45, 7) is 1.04. The average molecular weight is 345 g/mol. The molecule has 1 aromatic carbocycles. The highest BCUT2D eigenvalue weighted by Gasteiger charge is 2.27. The van der Waals surface area contributed by atoms with E-state index in [-0.39, 0.29) is 18.7 Å². The minimum absolute atomic E-state index is 0.185. The molecule has 9 heteroatoms. The first-order valence-electron chi connectivity index (χ1n) is 6.55. The third-order valence-electron chi connectivity index (χ3n) is 3.34. The fraction of sp³-hybridized carbons (Fsp3) is 0.308. The van der Waals surface area contributed by atoms with Gasteiger partial charge >= 0.3 is 10.2 Å². The van der Waals surface area contributed by atoms with Crippen molar-refractivity contribution in [2.45, 2.75) is 0 Å². The van der Waals surface area contributed by atoms with E-state index >= 15 is 0 Å². The van der Waals surface area contributed by atoms with Gasteiger partial charge in [-0.25, -0.2) is 4.72 Å². The quantitative estimate of drug-likeness (QED) is 0.909. The van der Waals surface area contributed by atoms with Crippen molar-refractivity contribution in [1.82, 2.24) is 9.03 Å². The van der Waals surface area contributed by atoms with E-state index in [4.69, 9.17) is 20.8 Å². The van der Waals surface area contributed by atoms with Gasteiger partial charge in [0.25, 0.3) is 5.91 Å². The zero-order valence-corrected chi connectivity index (χ0v) is 13.0. The topological polar surface area (TPSA) is 88.9 Å². The van der Waals surface area contributed by atoms with Crippen molar-refractivity contribution in [2.75, 3.05) is 26.3 Å². The van der Waals surface area contributed by atoms with Crippen LogP contribution in [0.25, 0.3) is 11.0 Å². The van der Waals surface area contributed by atoms with Gasteiger partial charge in [-0.15, -0.1) is 0 Å². The molecule has 1 aliphatic heterocycles. The van der Waals surface area contributed by atoms with Gasteiger partial charge in [0.1, 0.15) is 0 Å². The van der Waals surface area contributed by atoms with E-state index in [9.17, 15) is 13.2 Å². The first kappa shape index (κ1) is 15.3. The van der Waals surface area contributed by atoms with E-state index in [1.807, 2.05) is 0 Å². The Labute approximate surface area is 132 Å². The molecule has 1 amide bonds. The summed E-state index contributed by atoms with van der Waals surface area (Å²) in [5, 5.41) is 0.815. The van der Waals surface area contributed by atoms with Crippen molar-refractivity contribution < 1.29 is 22.4 Å². The fourth-order valence-electron chi connectivity index (χ4n) is 2.25. The van der Waals surface area contributed by atoms with Crippen molar-refractivity contribution in [3.05, 3.63) is 35.0 Å². The Balaban J connectivity index is 1.87. The SMILES string of the molecule is O=C(NS(=O)(=O)N1CCOCC1)c1ccc(Cl)c2occc12. The molecule has 0 unspecified atom stereocenters. The van der Waals surface area contributed by atoms with Gasteiger partial charge in [-0.3, -0.25) is 4.79 Å². The lowest BCUT2D eigenvalue weighted by Gasteiger charge is -2.25. The molecule has 2 aromatic rings. The van der Waals surface area contributed by atoms with E-state index in [1.54, 1.807) is 6.07 Å². The van der Waals surface area contributed by atoms with Gasteiger partial charge in [0, 0.05) is 18.5 Å². The summed E-state index contributed by atoms with van der Waals surface area (Å²) in [4.78, 5) is 12.3. The molecule has 1 saturated heterocycles. The van der Waals surface area contributed by atoms with E-state index in [0.29, 0.717) is 29.2 Å². The second kappa shape index (κ2) is 5.88. The highest BCUT2D eigenvalue weighted by Crippen LogP contribution is 2.27. The number of ether oxygens (including phenoxy) is 1. The second-order valence-corrected chi connectivity index (χ2v) is 6.78. The molecule has 1 aromatic heterocycles. The summed E-state index contributed by atoms with van der Waals surface area (Å²) in [6.07, 6.45) is 1.39. The molecule has 1 aliphatic rings. The largest absolute Gasteiger partial charge is 0.463 e. The molecule has 1 N–H and O–H groups in total. The predicted molar refractivity (Wildman–Crippen MR) is 80.0 cm³/mol. The van der Waals surface area contributed by atoms with Gasteiger partial charge in [-0.1, -0.05) is 11.6 Å². The monoisotopic (exact) mass is 344 g/mol. The number of halogens is 1. The second-order valence-electron chi connectivity index (χ2n) is 4.71. The minimum atomic E-state index is -3.90. The number of fused-ring (bicyclic) bond motifs is 1. The number of morpholine rings is 1. The highest BCUT2D eigenvalue weighted by molar-refractivity contribution is 7.87. The van der Waals surface area contributed by atoms with Crippen LogP contribution >= 0.6 is 11.6 Å². The zero-order valence-electron chi connectivity index (χ0n) is 11.4. The van der Waals surface area contributed by atoms with Crippen molar-refractivity contribution >= 4 is 38.7 Å². The number of furan rings is 1. The molecular weight excluding hydrogens is 332 g/mol. The maximum absolute atomic E-state index is 12.3. The molecule has 7 nitrogen and oxygen atoms in total. The van der Waals surface area contributed by atoms with Crippen LogP contribution < -0.4 is 4.72 Å². The Morgan fingerprint density at radius 2 is 1.95 bits per heavy atom. The molecule has 0 atom stereocenters. The minimum Gasteiger partial charge on any atom is -0.463 e. The number of carbonyl (C=O) groups is 1. The lowest BCUT2D eigenvalue weighted by molar-refractivity contribution is 0.0719. The number of hydrogen-bond donors (Lipinski definition) is 1. The van der Waals surface area contributed by atoms with E-state index in [0.717, 1.165) is 0 Å². The Morgan fingerprint density at radius 3 is 2.68 bits per heavy atom. The summed E-state index contributed by atoms with van der Waals surface area (Å²) in [5.74, 6) is -0.727. The van der Waals surface area contributed by atoms with Crippen LogP contribution in [0.2, 0.25) is 5.02 Å². The summed E-state index contributed by atoms with van der Waals surface area (Å²) >= 11 is 5.96. The van der Waals surface area contributed by atoms with Crippen molar-refractivity contribution in [3.8, 4) is 0 Å². The number of hydrogen-bond acceptors (Lipinski definition) is 5. The van der Waals surface area contributed by atoms with Crippen molar-refractivity contribution in [3.63, 3.8) is 0 Å². The summed E-state index contributed by atoms with van der Waals surface area (Å²) < 4.78 is 37.9. The lowest BCUT2D eigenvalue weighted by atomic mass is 10.1. The smallest absolute Gasteiger partial charge is 0.304 e. The predicted octanol–water partition coefficient (Wildman–Crippen LogP) is 1.39. The Bertz CT molecular complexity index is 811.